The Morgan fingerprint density at radius 2 is 1.89 bits per heavy atom. The van der Waals surface area contributed by atoms with Gasteiger partial charge in [-0.3, -0.25) is 13.9 Å². The van der Waals surface area contributed by atoms with Crippen LogP contribution in [0.4, 0.5) is 0 Å². The Bertz CT molecular complexity index is 1320. The number of fused-ring (bicyclic) bond motifs is 1. The molecule has 5 rings (SSSR count). The largest absolute Gasteiger partial charge is 0.349 e. The Morgan fingerprint density at radius 1 is 1.14 bits per heavy atom. The standard InChI is InChI=1S/C28H34N4O4S/c1-18-6-11-23(12-7-18)37(35,36)32-15-14-29-28(34)26(32)17-27(33)31-25-5-3-4-21-16-20(8-13-24(21)25)19(2)30-22-9-10-22/h6-8,11-16,19,22,25-26,30H,3-5,9-10,17H2,1-2H3,(H,29,34)(H,31,33)/t19?,25-,26?/m1/s1. The molecule has 0 spiro atoms. The molecule has 196 valence electrons. The van der Waals surface area contributed by atoms with E-state index in [1.165, 1.54) is 48.5 Å². The van der Waals surface area contributed by atoms with E-state index in [-0.39, 0.29) is 29.3 Å². The summed E-state index contributed by atoms with van der Waals surface area (Å²) in [6, 6.07) is 12.5. The minimum atomic E-state index is -4.01. The first-order valence-corrected chi connectivity index (χ1v) is 14.4. The lowest BCUT2D eigenvalue weighted by Gasteiger charge is -2.32. The number of nitrogens with zero attached hydrogens (tertiary/aromatic N) is 1. The van der Waals surface area contributed by atoms with Crippen molar-refractivity contribution >= 4 is 21.8 Å². The zero-order chi connectivity index (χ0) is 26.2. The van der Waals surface area contributed by atoms with Crippen LogP contribution in [0.25, 0.3) is 0 Å². The van der Waals surface area contributed by atoms with Gasteiger partial charge in [0.1, 0.15) is 6.04 Å². The maximum absolute atomic E-state index is 13.3. The molecule has 1 fully saturated rings. The van der Waals surface area contributed by atoms with Crippen molar-refractivity contribution in [1.82, 2.24) is 20.3 Å². The van der Waals surface area contributed by atoms with Gasteiger partial charge in [0.25, 0.3) is 10.0 Å². The molecule has 0 aromatic heterocycles. The minimum absolute atomic E-state index is 0.0743. The molecule has 3 atom stereocenters. The molecule has 2 aromatic rings. The normalized spacial score (nSPS) is 22.2. The van der Waals surface area contributed by atoms with Gasteiger partial charge in [-0.2, -0.15) is 0 Å². The molecule has 1 saturated carbocycles. The highest BCUT2D eigenvalue weighted by molar-refractivity contribution is 7.89. The molecule has 0 bridgehead atoms. The summed E-state index contributed by atoms with van der Waals surface area (Å²) >= 11 is 0. The first-order chi connectivity index (χ1) is 17.7. The predicted octanol–water partition coefficient (Wildman–Crippen LogP) is 3.35. The molecule has 0 saturated heterocycles. The lowest BCUT2D eigenvalue weighted by Crippen LogP contribution is -2.51. The maximum Gasteiger partial charge on any atom is 0.264 e. The molecule has 2 amide bonds. The third kappa shape index (κ3) is 5.57. The summed E-state index contributed by atoms with van der Waals surface area (Å²) in [5, 5.41) is 9.25. The average Bonchev–Trinajstić information content (AvgIpc) is 3.69. The summed E-state index contributed by atoms with van der Waals surface area (Å²) in [7, 11) is -4.01. The van der Waals surface area contributed by atoms with Crippen molar-refractivity contribution in [3.05, 3.63) is 77.1 Å². The van der Waals surface area contributed by atoms with Crippen LogP contribution in [0, 0.1) is 6.92 Å². The van der Waals surface area contributed by atoms with Crippen molar-refractivity contribution < 1.29 is 18.0 Å². The summed E-state index contributed by atoms with van der Waals surface area (Å²) < 4.78 is 27.6. The molecule has 1 heterocycles. The second-order valence-corrected chi connectivity index (χ2v) is 12.2. The third-order valence-electron chi connectivity index (χ3n) is 7.41. The Kier molecular flexibility index (Phi) is 7.09. The minimum Gasteiger partial charge on any atom is -0.349 e. The van der Waals surface area contributed by atoms with Crippen molar-refractivity contribution in [2.24, 2.45) is 0 Å². The van der Waals surface area contributed by atoms with E-state index < -0.39 is 22.0 Å². The summed E-state index contributed by atoms with van der Waals surface area (Å²) in [6.07, 6.45) is 7.52. The van der Waals surface area contributed by atoms with Gasteiger partial charge in [0.15, 0.2) is 0 Å². The topological polar surface area (TPSA) is 108 Å². The monoisotopic (exact) mass is 522 g/mol. The highest BCUT2D eigenvalue weighted by atomic mass is 32.2. The van der Waals surface area contributed by atoms with Crippen LogP contribution in [-0.2, 0) is 26.0 Å². The van der Waals surface area contributed by atoms with E-state index in [4.69, 9.17) is 0 Å². The first kappa shape index (κ1) is 25.5. The van der Waals surface area contributed by atoms with Crippen LogP contribution >= 0.6 is 0 Å². The number of sulfonamides is 1. The Morgan fingerprint density at radius 3 is 2.62 bits per heavy atom. The van der Waals surface area contributed by atoms with E-state index in [2.05, 4.69) is 41.1 Å². The molecule has 2 unspecified atom stereocenters. The highest BCUT2D eigenvalue weighted by Crippen LogP contribution is 2.33. The summed E-state index contributed by atoms with van der Waals surface area (Å²) in [6.45, 7) is 4.05. The molecule has 2 aliphatic carbocycles. The fraction of sp³-hybridized carbons (Fsp3) is 0.429. The van der Waals surface area contributed by atoms with Crippen molar-refractivity contribution in [3.63, 3.8) is 0 Å². The molecule has 9 heteroatoms. The quantitative estimate of drug-likeness (QED) is 0.493. The Balaban J connectivity index is 1.30. The van der Waals surface area contributed by atoms with Crippen LogP contribution in [0.3, 0.4) is 0 Å². The SMILES string of the molecule is Cc1ccc(S(=O)(=O)N2C=CNC(=O)C2CC(=O)N[C@@H]2CCCc3cc(C(C)NC4CC4)ccc32)cc1. The van der Waals surface area contributed by atoms with Crippen molar-refractivity contribution in [2.75, 3.05) is 0 Å². The summed E-state index contributed by atoms with van der Waals surface area (Å²) in [5.41, 5.74) is 4.51. The second-order valence-electron chi connectivity index (χ2n) is 10.3. The molecule has 2 aromatic carbocycles. The fourth-order valence-electron chi connectivity index (χ4n) is 5.15. The number of rotatable bonds is 8. The number of hydrogen-bond acceptors (Lipinski definition) is 5. The Labute approximate surface area is 218 Å². The van der Waals surface area contributed by atoms with Crippen LogP contribution in [0.5, 0.6) is 0 Å². The van der Waals surface area contributed by atoms with E-state index in [1.54, 1.807) is 12.1 Å². The summed E-state index contributed by atoms with van der Waals surface area (Å²) in [5.74, 6) is -0.885. The van der Waals surface area contributed by atoms with Crippen molar-refractivity contribution in [1.29, 1.82) is 0 Å². The van der Waals surface area contributed by atoms with E-state index in [0.717, 1.165) is 34.7 Å². The smallest absolute Gasteiger partial charge is 0.264 e. The maximum atomic E-state index is 13.3. The average molecular weight is 523 g/mol. The predicted molar refractivity (Wildman–Crippen MR) is 141 cm³/mol. The van der Waals surface area contributed by atoms with Gasteiger partial charge in [0.2, 0.25) is 11.8 Å². The van der Waals surface area contributed by atoms with Crippen molar-refractivity contribution in [2.45, 2.75) is 81.4 Å². The van der Waals surface area contributed by atoms with Gasteiger partial charge in [-0.1, -0.05) is 35.9 Å². The van der Waals surface area contributed by atoms with E-state index in [9.17, 15) is 18.0 Å². The molecular weight excluding hydrogens is 488 g/mol. The number of carbonyl (C=O) groups excluding carboxylic acids is 2. The molecule has 3 aliphatic rings. The lowest BCUT2D eigenvalue weighted by atomic mass is 9.85. The van der Waals surface area contributed by atoms with Gasteiger partial charge >= 0.3 is 0 Å². The molecule has 3 N–H and O–H groups in total. The van der Waals surface area contributed by atoms with Gasteiger partial charge in [-0.05, 0) is 74.8 Å². The van der Waals surface area contributed by atoms with Gasteiger partial charge in [-0.25, -0.2) is 8.42 Å². The van der Waals surface area contributed by atoms with E-state index in [0.29, 0.717) is 6.04 Å². The van der Waals surface area contributed by atoms with Crippen LogP contribution < -0.4 is 16.0 Å². The number of nitrogens with one attached hydrogen (secondary N) is 3. The molecule has 0 radical (unpaired) electrons. The van der Waals surface area contributed by atoms with Gasteiger partial charge < -0.3 is 16.0 Å². The highest BCUT2D eigenvalue weighted by Gasteiger charge is 2.37. The zero-order valence-corrected chi connectivity index (χ0v) is 22.1. The molecule has 1 aliphatic heterocycles. The fourth-order valence-corrected chi connectivity index (χ4v) is 6.60. The third-order valence-corrected chi connectivity index (χ3v) is 9.21. The van der Waals surface area contributed by atoms with Crippen LogP contribution in [0.15, 0.2) is 59.8 Å². The van der Waals surface area contributed by atoms with Crippen LogP contribution in [0.2, 0.25) is 0 Å². The molecule has 37 heavy (non-hydrogen) atoms. The number of benzene rings is 2. The summed E-state index contributed by atoms with van der Waals surface area (Å²) in [4.78, 5) is 25.9. The second kappa shape index (κ2) is 10.3. The lowest BCUT2D eigenvalue weighted by molar-refractivity contribution is -0.129. The number of hydrogen-bond donors (Lipinski definition) is 3. The van der Waals surface area contributed by atoms with E-state index in [1.807, 2.05) is 6.92 Å². The van der Waals surface area contributed by atoms with Gasteiger partial charge in [0, 0.05) is 24.5 Å². The van der Waals surface area contributed by atoms with Gasteiger partial charge in [0.05, 0.1) is 17.4 Å². The van der Waals surface area contributed by atoms with E-state index >= 15 is 0 Å². The first-order valence-electron chi connectivity index (χ1n) is 13.0. The van der Waals surface area contributed by atoms with Gasteiger partial charge in [-0.15, -0.1) is 0 Å². The number of aryl methyl sites for hydroxylation is 2. The Hall–Kier alpha value is -3.17. The van der Waals surface area contributed by atoms with Crippen LogP contribution in [0.1, 0.15) is 73.4 Å². The van der Waals surface area contributed by atoms with Crippen molar-refractivity contribution in [3.8, 4) is 0 Å². The zero-order valence-electron chi connectivity index (χ0n) is 21.2. The number of amides is 2. The molecular formula is C28H34N4O4S. The number of carbonyl (C=O) groups is 2. The molecule has 8 nitrogen and oxygen atoms in total. The van der Waals surface area contributed by atoms with Crippen LogP contribution in [-0.4, -0.2) is 36.6 Å².